The van der Waals surface area contributed by atoms with Crippen LogP contribution in [0.25, 0.3) is 0 Å². The minimum atomic E-state index is 0. The number of carbonyl (C=O) groups excluding carboxylic acids is 1. The van der Waals surface area contributed by atoms with Crippen LogP contribution in [0.3, 0.4) is 0 Å². The molecule has 0 spiro atoms. The lowest BCUT2D eigenvalue weighted by Gasteiger charge is -2.34. The zero-order valence-electron chi connectivity index (χ0n) is 14.9. The molecular weight excluding hydrogens is 353 g/mol. The van der Waals surface area contributed by atoms with E-state index in [4.69, 9.17) is 0 Å². The Balaban J connectivity index is 0. The van der Waals surface area contributed by atoms with Crippen molar-refractivity contribution >= 4 is 42.5 Å². The number of carbonyl (C=O) groups is 1. The highest BCUT2D eigenvalue weighted by Crippen LogP contribution is 2.15. The van der Waals surface area contributed by atoms with Crippen molar-refractivity contribution in [3.63, 3.8) is 0 Å². The number of amides is 1. The second-order valence-electron chi connectivity index (χ2n) is 5.65. The first-order chi connectivity index (χ1) is 10.2. The third kappa shape index (κ3) is 10.0. The number of piperidine rings is 1. The third-order valence-electron chi connectivity index (χ3n) is 4.21. The standard InChI is InChI=1S/C16H33N3OS.2ClH/c1-4-11-19(15-7-9-17-10-8-15)16(20)14-21-13-12-18(5-2)6-3;;/h15,17H,4-14H2,1-3H3;2*1H. The zero-order valence-corrected chi connectivity index (χ0v) is 17.3. The van der Waals surface area contributed by atoms with Gasteiger partial charge in [0.2, 0.25) is 5.91 Å². The van der Waals surface area contributed by atoms with Crippen LogP contribution in [-0.4, -0.2) is 72.5 Å². The van der Waals surface area contributed by atoms with Gasteiger partial charge in [0.1, 0.15) is 0 Å². The first-order valence-electron chi connectivity index (χ1n) is 8.53. The number of hydrogen-bond acceptors (Lipinski definition) is 4. The van der Waals surface area contributed by atoms with Crippen molar-refractivity contribution in [1.29, 1.82) is 0 Å². The van der Waals surface area contributed by atoms with Gasteiger partial charge in [-0.05, 0) is 45.4 Å². The van der Waals surface area contributed by atoms with E-state index in [9.17, 15) is 4.79 Å². The average Bonchev–Trinajstić information content (AvgIpc) is 2.53. The number of nitrogens with zero attached hydrogens (tertiary/aromatic N) is 2. The lowest BCUT2D eigenvalue weighted by atomic mass is 10.0. The highest BCUT2D eigenvalue weighted by atomic mass is 35.5. The van der Waals surface area contributed by atoms with Gasteiger partial charge in [-0.2, -0.15) is 11.8 Å². The van der Waals surface area contributed by atoms with Gasteiger partial charge in [0.15, 0.2) is 0 Å². The second-order valence-corrected chi connectivity index (χ2v) is 6.75. The number of halogens is 2. The quantitative estimate of drug-likeness (QED) is 0.584. The van der Waals surface area contributed by atoms with E-state index in [0.29, 0.717) is 17.7 Å². The van der Waals surface area contributed by atoms with Gasteiger partial charge in [0.25, 0.3) is 0 Å². The van der Waals surface area contributed by atoms with Gasteiger partial charge in [0, 0.05) is 24.9 Å². The molecule has 0 aromatic heterocycles. The summed E-state index contributed by atoms with van der Waals surface area (Å²) in [5.41, 5.74) is 0. The Labute approximate surface area is 159 Å². The highest BCUT2D eigenvalue weighted by Gasteiger charge is 2.24. The van der Waals surface area contributed by atoms with Crippen LogP contribution in [-0.2, 0) is 4.79 Å². The second kappa shape index (κ2) is 15.8. The molecule has 0 saturated carbocycles. The summed E-state index contributed by atoms with van der Waals surface area (Å²) in [4.78, 5) is 17.0. The first-order valence-corrected chi connectivity index (χ1v) is 9.68. The maximum absolute atomic E-state index is 12.5. The topological polar surface area (TPSA) is 35.6 Å². The maximum Gasteiger partial charge on any atom is 0.232 e. The largest absolute Gasteiger partial charge is 0.339 e. The first kappa shape index (κ1) is 25.6. The molecule has 1 amide bonds. The lowest BCUT2D eigenvalue weighted by Crippen LogP contribution is -2.47. The van der Waals surface area contributed by atoms with Crippen LogP contribution >= 0.6 is 36.6 Å². The molecule has 1 aliphatic rings. The SMILES string of the molecule is CCCN(C(=O)CSCCN(CC)CC)C1CCNCC1.Cl.Cl. The van der Waals surface area contributed by atoms with Crippen molar-refractivity contribution in [2.45, 2.75) is 46.1 Å². The van der Waals surface area contributed by atoms with Crippen molar-refractivity contribution in [3.8, 4) is 0 Å². The van der Waals surface area contributed by atoms with Crippen molar-refractivity contribution in [3.05, 3.63) is 0 Å². The molecule has 0 atom stereocenters. The van der Waals surface area contributed by atoms with Gasteiger partial charge >= 0.3 is 0 Å². The molecule has 7 heteroatoms. The number of thioether (sulfide) groups is 1. The van der Waals surface area contributed by atoms with E-state index in [1.165, 1.54) is 0 Å². The van der Waals surface area contributed by atoms with Crippen LogP contribution in [0.4, 0.5) is 0 Å². The normalized spacial score (nSPS) is 15.0. The highest BCUT2D eigenvalue weighted by molar-refractivity contribution is 7.99. The average molecular weight is 388 g/mol. The molecule has 1 fully saturated rings. The van der Waals surface area contributed by atoms with E-state index < -0.39 is 0 Å². The molecule has 1 saturated heterocycles. The van der Waals surface area contributed by atoms with E-state index in [0.717, 1.165) is 64.3 Å². The minimum Gasteiger partial charge on any atom is -0.339 e. The van der Waals surface area contributed by atoms with Crippen LogP contribution in [0.1, 0.15) is 40.0 Å². The van der Waals surface area contributed by atoms with Gasteiger partial charge in [-0.3, -0.25) is 4.79 Å². The summed E-state index contributed by atoms with van der Waals surface area (Å²) in [6, 6.07) is 0.460. The number of nitrogens with one attached hydrogen (secondary N) is 1. The molecule has 1 heterocycles. The fourth-order valence-corrected chi connectivity index (χ4v) is 3.72. The molecule has 0 aliphatic carbocycles. The Kier molecular flexibility index (Phi) is 17.6. The van der Waals surface area contributed by atoms with E-state index >= 15 is 0 Å². The fraction of sp³-hybridized carbons (Fsp3) is 0.938. The molecule has 140 valence electrons. The Morgan fingerprint density at radius 1 is 1.09 bits per heavy atom. The molecule has 0 radical (unpaired) electrons. The third-order valence-corrected chi connectivity index (χ3v) is 5.13. The molecule has 0 unspecified atom stereocenters. The monoisotopic (exact) mass is 387 g/mol. The van der Waals surface area contributed by atoms with Crippen LogP contribution < -0.4 is 5.32 Å². The molecule has 4 nitrogen and oxygen atoms in total. The maximum atomic E-state index is 12.5. The summed E-state index contributed by atoms with van der Waals surface area (Å²) >= 11 is 1.79. The van der Waals surface area contributed by atoms with Gasteiger partial charge in [-0.15, -0.1) is 24.8 Å². The molecule has 0 aromatic carbocycles. The van der Waals surface area contributed by atoms with Crippen LogP contribution in [0.15, 0.2) is 0 Å². The summed E-state index contributed by atoms with van der Waals surface area (Å²) < 4.78 is 0. The summed E-state index contributed by atoms with van der Waals surface area (Å²) in [5.74, 6) is 2.04. The molecule has 1 aliphatic heterocycles. The fourth-order valence-electron chi connectivity index (χ4n) is 2.85. The summed E-state index contributed by atoms with van der Waals surface area (Å²) in [7, 11) is 0. The summed E-state index contributed by atoms with van der Waals surface area (Å²) in [6.07, 6.45) is 3.27. The smallest absolute Gasteiger partial charge is 0.232 e. The Bertz CT molecular complexity index is 288. The van der Waals surface area contributed by atoms with Gasteiger partial charge in [-0.25, -0.2) is 0 Å². The van der Waals surface area contributed by atoms with Crippen molar-refractivity contribution in [2.24, 2.45) is 0 Å². The summed E-state index contributed by atoms with van der Waals surface area (Å²) in [5, 5.41) is 3.38. The summed E-state index contributed by atoms with van der Waals surface area (Å²) in [6.45, 7) is 12.9. The molecular formula is C16H35Cl2N3OS. The van der Waals surface area contributed by atoms with E-state index in [1.807, 2.05) is 0 Å². The molecule has 23 heavy (non-hydrogen) atoms. The minimum absolute atomic E-state index is 0. The van der Waals surface area contributed by atoms with Crippen LogP contribution in [0, 0.1) is 0 Å². The molecule has 1 N–H and O–H groups in total. The Hall–Kier alpha value is 0.320. The Morgan fingerprint density at radius 3 is 2.22 bits per heavy atom. The van der Waals surface area contributed by atoms with Crippen LogP contribution in [0.5, 0.6) is 0 Å². The van der Waals surface area contributed by atoms with E-state index in [1.54, 1.807) is 11.8 Å². The molecule has 0 bridgehead atoms. The van der Waals surface area contributed by atoms with Crippen molar-refractivity contribution in [2.75, 3.05) is 50.8 Å². The zero-order chi connectivity index (χ0) is 15.5. The predicted octanol–water partition coefficient (Wildman–Crippen LogP) is 2.90. The van der Waals surface area contributed by atoms with E-state index in [2.05, 4.69) is 35.9 Å². The number of hydrogen-bond donors (Lipinski definition) is 1. The van der Waals surface area contributed by atoms with E-state index in [-0.39, 0.29) is 24.8 Å². The van der Waals surface area contributed by atoms with Gasteiger partial charge < -0.3 is 15.1 Å². The van der Waals surface area contributed by atoms with Gasteiger partial charge in [-0.1, -0.05) is 20.8 Å². The van der Waals surface area contributed by atoms with Crippen molar-refractivity contribution in [1.82, 2.24) is 15.1 Å². The predicted molar refractivity (Wildman–Crippen MR) is 108 cm³/mol. The Morgan fingerprint density at radius 2 is 1.70 bits per heavy atom. The van der Waals surface area contributed by atoms with Crippen LogP contribution in [0.2, 0.25) is 0 Å². The lowest BCUT2D eigenvalue weighted by molar-refractivity contribution is -0.131. The molecule has 1 rings (SSSR count). The van der Waals surface area contributed by atoms with Crippen molar-refractivity contribution < 1.29 is 4.79 Å². The number of rotatable bonds is 10. The molecule has 0 aromatic rings. The van der Waals surface area contributed by atoms with Gasteiger partial charge in [0.05, 0.1) is 5.75 Å².